The molecule has 1 heterocycles. The van der Waals surface area contributed by atoms with Crippen molar-refractivity contribution in [3.63, 3.8) is 0 Å². The van der Waals surface area contributed by atoms with Gasteiger partial charge in [0.1, 0.15) is 6.07 Å². The van der Waals surface area contributed by atoms with E-state index in [0.717, 1.165) is 18.5 Å². The first-order valence-electron chi connectivity index (χ1n) is 3.93. The number of rotatable bonds is 0. The molecule has 1 aromatic rings. The molecule has 0 aliphatic heterocycles. The molecule has 0 bridgehead atoms. The first-order chi connectivity index (χ1) is 5.90. The first kappa shape index (κ1) is 7.05. The number of nitriles is 1. The van der Waals surface area contributed by atoms with Crippen LogP contribution in [0.2, 0.25) is 0 Å². The molecule has 1 aliphatic carbocycles. The second kappa shape index (κ2) is 2.78. The average Bonchev–Trinajstić information content (AvgIpc) is 2.17. The van der Waals surface area contributed by atoms with Crippen molar-refractivity contribution < 1.29 is 0 Å². The molecule has 0 radical (unpaired) electrons. The third-order valence-corrected chi connectivity index (χ3v) is 2.00. The summed E-state index contributed by atoms with van der Waals surface area (Å²) in [6.07, 6.45) is 7.68. The van der Waals surface area contributed by atoms with Gasteiger partial charge in [-0.2, -0.15) is 5.26 Å². The van der Waals surface area contributed by atoms with Gasteiger partial charge in [0.05, 0.1) is 5.56 Å². The Hall–Kier alpha value is -1.62. The van der Waals surface area contributed by atoms with Gasteiger partial charge in [0.25, 0.3) is 0 Å². The predicted molar refractivity (Wildman–Crippen MR) is 45.5 cm³/mol. The van der Waals surface area contributed by atoms with Crippen LogP contribution >= 0.6 is 0 Å². The van der Waals surface area contributed by atoms with Crippen molar-refractivity contribution in [2.24, 2.45) is 0 Å². The number of hydrogen-bond acceptors (Lipinski definition) is 2. The SMILES string of the molecule is N#Cc1cnc2c(c1)CC=CC2. The summed E-state index contributed by atoms with van der Waals surface area (Å²) in [6.45, 7) is 0. The van der Waals surface area contributed by atoms with Crippen LogP contribution in [0.1, 0.15) is 16.8 Å². The zero-order valence-corrected chi connectivity index (χ0v) is 6.62. The van der Waals surface area contributed by atoms with Crippen LogP contribution in [-0.4, -0.2) is 4.98 Å². The van der Waals surface area contributed by atoms with Gasteiger partial charge >= 0.3 is 0 Å². The summed E-state index contributed by atoms with van der Waals surface area (Å²) in [4.78, 5) is 4.22. The van der Waals surface area contributed by atoms with E-state index in [0.29, 0.717) is 5.56 Å². The molecule has 0 unspecified atom stereocenters. The topological polar surface area (TPSA) is 36.7 Å². The van der Waals surface area contributed by atoms with Crippen molar-refractivity contribution in [2.45, 2.75) is 12.8 Å². The molecule has 0 atom stereocenters. The van der Waals surface area contributed by atoms with E-state index in [4.69, 9.17) is 5.26 Å². The molecule has 0 aromatic carbocycles. The largest absolute Gasteiger partial charge is 0.259 e. The fourth-order valence-electron chi connectivity index (χ4n) is 1.37. The molecule has 58 valence electrons. The fraction of sp³-hybridized carbons (Fsp3) is 0.200. The number of pyridine rings is 1. The van der Waals surface area contributed by atoms with E-state index in [1.165, 1.54) is 5.56 Å². The summed E-state index contributed by atoms with van der Waals surface area (Å²) < 4.78 is 0. The van der Waals surface area contributed by atoms with Crippen LogP contribution in [0.5, 0.6) is 0 Å². The van der Waals surface area contributed by atoms with E-state index in [-0.39, 0.29) is 0 Å². The Morgan fingerprint density at radius 1 is 1.33 bits per heavy atom. The Labute approximate surface area is 71.2 Å². The Morgan fingerprint density at radius 3 is 3.00 bits per heavy atom. The van der Waals surface area contributed by atoms with Crippen molar-refractivity contribution in [1.29, 1.82) is 5.26 Å². The van der Waals surface area contributed by atoms with E-state index in [1.807, 2.05) is 6.07 Å². The highest BCUT2D eigenvalue weighted by atomic mass is 14.7. The average molecular weight is 156 g/mol. The molecule has 2 heteroatoms. The molecule has 2 rings (SSSR count). The van der Waals surface area contributed by atoms with Gasteiger partial charge in [0, 0.05) is 18.3 Å². The van der Waals surface area contributed by atoms with Crippen LogP contribution in [0, 0.1) is 11.3 Å². The molecule has 0 saturated heterocycles. The van der Waals surface area contributed by atoms with E-state index in [2.05, 4.69) is 23.2 Å². The highest BCUT2D eigenvalue weighted by Gasteiger charge is 2.06. The summed E-state index contributed by atoms with van der Waals surface area (Å²) in [5.74, 6) is 0. The van der Waals surface area contributed by atoms with Gasteiger partial charge in [-0.25, -0.2) is 0 Å². The van der Waals surface area contributed by atoms with Gasteiger partial charge in [-0.1, -0.05) is 12.2 Å². The minimum Gasteiger partial charge on any atom is -0.259 e. The molecule has 0 spiro atoms. The lowest BCUT2D eigenvalue weighted by molar-refractivity contribution is 0.999. The van der Waals surface area contributed by atoms with Crippen LogP contribution in [0.15, 0.2) is 24.4 Å². The van der Waals surface area contributed by atoms with E-state index >= 15 is 0 Å². The van der Waals surface area contributed by atoms with Gasteiger partial charge in [0.2, 0.25) is 0 Å². The quantitative estimate of drug-likeness (QED) is 0.535. The summed E-state index contributed by atoms with van der Waals surface area (Å²) in [5, 5.41) is 8.63. The highest BCUT2D eigenvalue weighted by molar-refractivity contribution is 5.36. The fourth-order valence-corrected chi connectivity index (χ4v) is 1.37. The maximum Gasteiger partial charge on any atom is 0.101 e. The zero-order valence-electron chi connectivity index (χ0n) is 6.62. The van der Waals surface area contributed by atoms with Gasteiger partial charge < -0.3 is 0 Å². The number of allylic oxidation sites excluding steroid dienone is 2. The minimum atomic E-state index is 0.657. The molecule has 0 N–H and O–H groups in total. The van der Waals surface area contributed by atoms with Gasteiger partial charge in [0.15, 0.2) is 0 Å². The third kappa shape index (κ3) is 1.10. The Balaban J connectivity index is 2.48. The molecule has 0 fully saturated rings. The van der Waals surface area contributed by atoms with Gasteiger partial charge in [-0.3, -0.25) is 4.98 Å². The summed E-state index contributed by atoms with van der Waals surface area (Å²) in [5.41, 5.74) is 2.96. The number of fused-ring (bicyclic) bond motifs is 1. The standard InChI is InChI=1S/C10H8N2/c11-6-8-5-9-3-1-2-4-10(9)12-7-8/h1-2,5,7H,3-4H2. The van der Waals surface area contributed by atoms with Crippen molar-refractivity contribution in [3.8, 4) is 6.07 Å². The Morgan fingerprint density at radius 2 is 2.17 bits per heavy atom. The number of aromatic nitrogens is 1. The predicted octanol–water partition coefficient (Wildman–Crippen LogP) is 1.61. The zero-order chi connectivity index (χ0) is 8.39. The normalized spacial score (nSPS) is 13.6. The Kier molecular flexibility index (Phi) is 1.64. The molecular formula is C10H8N2. The second-order valence-corrected chi connectivity index (χ2v) is 2.82. The van der Waals surface area contributed by atoms with Crippen molar-refractivity contribution in [3.05, 3.63) is 41.2 Å². The molecule has 12 heavy (non-hydrogen) atoms. The smallest absolute Gasteiger partial charge is 0.101 e. The van der Waals surface area contributed by atoms with Crippen LogP contribution in [-0.2, 0) is 12.8 Å². The number of hydrogen-bond donors (Lipinski definition) is 0. The molecule has 0 saturated carbocycles. The lowest BCUT2D eigenvalue weighted by atomic mass is 10.0. The van der Waals surface area contributed by atoms with Crippen molar-refractivity contribution >= 4 is 0 Å². The molecule has 0 amide bonds. The van der Waals surface area contributed by atoms with Crippen LogP contribution in [0.4, 0.5) is 0 Å². The van der Waals surface area contributed by atoms with Crippen LogP contribution < -0.4 is 0 Å². The van der Waals surface area contributed by atoms with Gasteiger partial charge in [-0.15, -0.1) is 0 Å². The molecule has 1 aromatic heterocycles. The number of nitrogens with zero attached hydrogens (tertiary/aromatic N) is 2. The van der Waals surface area contributed by atoms with Crippen LogP contribution in [0.3, 0.4) is 0 Å². The van der Waals surface area contributed by atoms with E-state index in [1.54, 1.807) is 6.20 Å². The monoisotopic (exact) mass is 156 g/mol. The van der Waals surface area contributed by atoms with Crippen molar-refractivity contribution in [1.82, 2.24) is 4.98 Å². The maximum absolute atomic E-state index is 8.63. The molecular weight excluding hydrogens is 148 g/mol. The molecule has 1 aliphatic rings. The third-order valence-electron chi connectivity index (χ3n) is 2.00. The lowest BCUT2D eigenvalue weighted by Crippen LogP contribution is -2.00. The van der Waals surface area contributed by atoms with E-state index < -0.39 is 0 Å². The maximum atomic E-state index is 8.63. The minimum absolute atomic E-state index is 0.657. The molecule has 2 nitrogen and oxygen atoms in total. The lowest BCUT2D eigenvalue weighted by Gasteiger charge is -2.08. The van der Waals surface area contributed by atoms with Crippen molar-refractivity contribution in [2.75, 3.05) is 0 Å². The van der Waals surface area contributed by atoms with Crippen LogP contribution in [0.25, 0.3) is 0 Å². The highest BCUT2D eigenvalue weighted by Crippen LogP contribution is 2.14. The Bertz CT molecular complexity index is 372. The second-order valence-electron chi connectivity index (χ2n) is 2.82. The summed E-state index contributed by atoms with van der Waals surface area (Å²) in [6, 6.07) is 4.01. The van der Waals surface area contributed by atoms with Gasteiger partial charge in [-0.05, 0) is 18.1 Å². The van der Waals surface area contributed by atoms with E-state index in [9.17, 15) is 0 Å². The first-order valence-corrected chi connectivity index (χ1v) is 3.93. The summed E-state index contributed by atoms with van der Waals surface area (Å²) in [7, 11) is 0. The summed E-state index contributed by atoms with van der Waals surface area (Å²) >= 11 is 0.